The van der Waals surface area contributed by atoms with Crippen LogP contribution in [0.2, 0.25) is 0 Å². The average molecular weight is 269 g/mol. The Morgan fingerprint density at radius 1 is 1.05 bits per heavy atom. The maximum atomic E-state index is 12.9. The lowest BCUT2D eigenvalue weighted by atomic mass is 9.98. The van der Waals surface area contributed by atoms with Gasteiger partial charge in [0.25, 0.3) is 0 Å². The Balaban J connectivity index is 1.70. The number of hydrogen-bond donors (Lipinski definition) is 0. The van der Waals surface area contributed by atoms with Gasteiger partial charge in [0.1, 0.15) is 5.82 Å². The summed E-state index contributed by atoms with van der Waals surface area (Å²) in [6.45, 7) is 1.36. The van der Waals surface area contributed by atoms with E-state index in [-0.39, 0.29) is 17.6 Å². The van der Waals surface area contributed by atoms with Crippen molar-refractivity contribution < 1.29 is 9.18 Å². The van der Waals surface area contributed by atoms with Gasteiger partial charge in [-0.3, -0.25) is 4.79 Å². The summed E-state index contributed by atoms with van der Waals surface area (Å²) in [7, 11) is 0. The molecule has 0 aromatic heterocycles. The summed E-state index contributed by atoms with van der Waals surface area (Å²) in [4.78, 5) is 14.0. The van der Waals surface area contributed by atoms with Gasteiger partial charge in [-0.05, 0) is 23.3 Å². The van der Waals surface area contributed by atoms with Crippen molar-refractivity contribution in [3.05, 3.63) is 71.5 Å². The molecule has 1 aliphatic heterocycles. The van der Waals surface area contributed by atoms with Crippen molar-refractivity contribution >= 4 is 5.91 Å². The highest BCUT2D eigenvalue weighted by Gasteiger charge is 2.30. The van der Waals surface area contributed by atoms with Gasteiger partial charge < -0.3 is 4.90 Å². The fourth-order valence-electron chi connectivity index (χ4n) is 2.69. The van der Waals surface area contributed by atoms with Gasteiger partial charge in [-0.2, -0.15) is 0 Å². The van der Waals surface area contributed by atoms with Crippen LogP contribution in [0.1, 0.15) is 23.5 Å². The number of likely N-dealkylation sites (tertiary alicyclic amines) is 1. The summed E-state index contributed by atoms with van der Waals surface area (Å²) in [5, 5.41) is 0. The van der Waals surface area contributed by atoms with Crippen LogP contribution in [-0.4, -0.2) is 17.4 Å². The van der Waals surface area contributed by atoms with Crippen LogP contribution in [0.25, 0.3) is 0 Å². The molecule has 1 fully saturated rings. The van der Waals surface area contributed by atoms with Gasteiger partial charge in [0.05, 0.1) is 0 Å². The van der Waals surface area contributed by atoms with Crippen molar-refractivity contribution in [3.8, 4) is 0 Å². The van der Waals surface area contributed by atoms with Gasteiger partial charge in [-0.15, -0.1) is 0 Å². The molecule has 0 aliphatic carbocycles. The van der Waals surface area contributed by atoms with Crippen molar-refractivity contribution in [2.24, 2.45) is 0 Å². The molecule has 1 heterocycles. The normalized spacial score (nSPS) is 18.6. The van der Waals surface area contributed by atoms with Crippen molar-refractivity contribution in [2.45, 2.75) is 18.9 Å². The monoisotopic (exact) mass is 269 g/mol. The van der Waals surface area contributed by atoms with E-state index < -0.39 is 0 Å². The number of benzene rings is 2. The highest BCUT2D eigenvalue weighted by Crippen LogP contribution is 2.29. The van der Waals surface area contributed by atoms with Crippen molar-refractivity contribution in [3.63, 3.8) is 0 Å². The van der Waals surface area contributed by atoms with E-state index in [0.29, 0.717) is 19.5 Å². The van der Waals surface area contributed by atoms with Crippen LogP contribution in [0, 0.1) is 5.82 Å². The molecule has 0 radical (unpaired) electrons. The first-order valence-corrected chi connectivity index (χ1v) is 6.79. The van der Waals surface area contributed by atoms with Crippen LogP contribution in [0.15, 0.2) is 54.6 Å². The number of hydrogen-bond acceptors (Lipinski definition) is 1. The molecular weight excluding hydrogens is 253 g/mol. The van der Waals surface area contributed by atoms with E-state index in [1.165, 1.54) is 12.1 Å². The first-order chi connectivity index (χ1) is 9.72. The summed E-state index contributed by atoms with van der Waals surface area (Å²) in [5.74, 6) is 0.106. The molecule has 1 aliphatic rings. The zero-order chi connectivity index (χ0) is 13.9. The fourth-order valence-corrected chi connectivity index (χ4v) is 2.69. The van der Waals surface area contributed by atoms with E-state index in [9.17, 15) is 9.18 Å². The molecule has 2 aromatic carbocycles. The number of carbonyl (C=O) groups is 1. The molecule has 102 valence electrons. The summed E-state index contributed by atoms with van der Waals surface area (Å²) in [6, 6.07) is 16.5. The van der Waals surface area contributed by atoms with E-state index in [2.05, 4.69) is 0 Å². The second-order valence-electron chi connectivity index (χ2n) is 5.21. The predicted octanol–water partition coefficient (Wildman–Crippen LogP) is 3.34. The Morgan fingerprint density at radius 3 is 2.45 bits per heavy atom. The molecule has 3 rings (SSSR count). The molecule has 2 aromatic rings. The number of carbonyl (C=O) groups excluding carboxylic acids is 1. The molecule has 3 heteroatoms. The molecule has 2 nitrogen and oxygen atoms in total. The van der Waals surface area contributed by atoms with Crippen molar-refractivity contribution in [1.29, 1.82) is 0 Å². The van der Waals surface area contributed by atoms with Gasteiger partial charge >= 0.3 is 0 Å². The second-order valence-corrected chi connectivity index (χ2v) is 5.21. The minimum atomic E-state index is -0.237. The lowest BCUT2D eigenvalue weighted by Gasteiger charge is -2.16. The van der Waals surface area contributed by atoms with Crippen LogP contribution >= 0.6 is 0 Å². The molecule has 0 N–H and O–H groups in total. The molecule has 20 heavy (non-hydrogen) atoms. The molecule has 1 atom stereocenters. The van der Waals surface area contributed by atoms with E-state index in [1.54, 1.807) is 12.1 Å². The first kappa shape index (κ1) is 12.9. The summed E-state index contributed by atoms with van der Waals surface area (Å²) < 4.78 is 12.9. The molecule has 1 unspecified atom stereocenters. The molecule has 0 spiro atoms. The Kier molecular flexibility index (Phi) is 3.50. The average Bonchev–Trinajstić information content (AvgIpc) is 2.82. The van der Waals surface area contributed by atoms with Gasteiger partial charge in [0.15, 0.2) is 0 Å². The minimum absolute atomic E-state index is 0.170. The van der Waals surface area contributed by atoms with Crippen LogP contribution in [0.3, 0.4) is 0 Å². The van der Waals surface area contributed by atoms with E-state index in [4.69, 9.17) is 0 Å². The van der Waals surface area contributed by atoms with E-state index >= 15 is 0 Å². The lowest BCUT2D eigenvalue weighted by molar-refractivity contribution is -0.128. The molecular formula is C17H16FNO. The third-order valence-electron chi connectivity index (χ3n) is 3.77. The summed E-state index contributed by atoms with van der Waals surface area (Å²) in [6.07, 6.45) is 0.512. The molecule has 1 saturated heterocycles. The quantitative estimate of drug-likeness (QED) is 0.837. The number of halogens is 1. The van der Waals surface area contributed by atoms with Crippen molar-refractivity contribution in [1.82, 2.24) is 4.90 Å². The van der Waals surface area contributed by atoms with Crippen LogP contribution in [0.5, 0.6) is 0 Å². The number of nitrogens with zero attached hydrogens (tertiary/aromatic N) is 1. The molecule has 0 saturated carbocycles. The summed E-state index contributed by atoms with van der Waals surface area (Å²) in [5.41, 5.74) is 2.18. The number of amides is 1. The fraction of sp³-hybridized carbons (Fsp3) is 0.235. The largest absolute Gasteiger partial charge is 0.338 e. The standard InChI is InChI=1S/C17H16FNO/c18-16-8-6-14(7-9-16)15-10-17(20)19(12-15)11-13-4-2-1-3-5-13/h1-9,15H,10-12H2. The van der Waals surface area contributed by atoms with Gasteiger partial charge in [-0.25, -0.2) is 4.39 Å². The van der Waals surface area contributed by atoms with Crippen LogP contribution < -0.4 is 0 Å². The molecule has 1 amide bonds. The SMILES string of the molecule is O=C1CC(c2ccc(F)cc2)CN1Cc1ccccc1. The Bertz CT molecular complexity index is 594. The second kappa shape index (κ2) is 5.45. The van der Waals surface area contributed by atoms with Gasteiger partial charge in [0, 0.05) is 25.4 Å². The van der Waals surface area contributed by atoms with E-state index in [1.807, 2.05) is 35.2 Å². The molecule has 0 bridgehead atoms. The third-order valence-corrected chi connectivity index (χ3v) is 3.77. The van der Waals surface area contributed by atoms with E-state index in [0.717, 1.165) is 11.1 Å². The van der Waals surface area contributed by atoms with Crippen molar-refractivity contribution in [2.75, 3.05) is 6.54 Å². The smallest absolute Gasteiger partial charge is 0.223 e. The zero-order valence-corrected chi connectivity index (χ0v) is 11.1. The first-order valence-electron chi connectivity index (χ1n) is 6.79. The van der Waals surface area contributed by atoms with Crippen LogP contribution in [-0.2, 0) is 11.3 Å². The van der Waals surface area contributed by atoms with Gasteiger partial charge in [0.2, 0.25) is 5.91 Å². The maximum absolute atomic E-state index is 12.9. The zero-order valence-electron chi connectivity index (χ0n) is 11.1. The summed E-state index contributed by atoms with van der Waals surface area (Å²) >= 11 is 0. The Hall–Kier alpha value is -2.16. The minimum Gasteiger partial charge on any atom is -0.338 e. The van der Waals surface area contributed by atoms with Gasteiger partial charge in [-0.1, -0.05) is 42.5 Å². The highest BCUT2D eigenvalue weighted by atomic mass is 19.1. The lowest BCUT2D eigenvalue weighted by Crippen LogP contribution is -2.24. The Labute approximate surface area is 117 Å². The predicted molar refractivity (Wildman–Crippen MR) is 75.6 cm³/mol. The highest BCUT2D eigenvalue weighted by molar-refractivity contribution is 5.79. The maximum Gasteiger partial charge on any atom is 0.223 e. The Morgan fingerprint density at radius 2 is 1.75 bits per heavy atom. The number of rotatable bonds is 3. The van der Waals surface area contributed by atoms with Crippen LogP contribution in [0.4, 0.5) is 4.39 Å². The topological polar surface area (TPSA) is 20.3 Å². The third kappa shape index (κ3) is 2.72.